The Hall–Kier alpha value is -2.63. The summed E-state index contributed by atoms with van der Waals surface area (Å²) in [6.45, 7) is 1.54. The smallest absolute Gasteiger partial charge is 0.417 e. The van der Waals surface area contributed by atoms with Gasteiger partial charge < -0.3 is 4.74 Å². The normalized spacial score (nSPS) is 10.8. The third kappa shape index (κ3) is 3.92. The number of hydrogen-bond acceptors (Lipinski definition) is 5. The van der Waals surface area contributed by atoms with E-state index in [1.807, 2.05) is 0 Å². The number of nitro groups is 1. The van der Waals surface area contributed by atoms with E-state index in [9.17, 15) is 28.1 Å². The van der Waals surface area contributed by atoms with Crippen LogP contribution in [0.1, 0.15) is 23.6 Å². The fraction of sp³-hybridized carbons (Fsp3) is 0.333. The van der Waals surface area contributed by atoms with E-state index in [4.69, 9.17) is 5.26 Å². The van der Waals surface area contributed by atoms with Crippen molar-refractivity contribution in [3.63, 3.8) is 0 Å². The fourth-order valence-electron chi connectivity index (χ4n) is 1.64. The Kier molecular flexibility index (Phi) is 4.86. The molecule has 0 aliphatic rings. The zero-order valence-electron chi connectivity index (χ0n) is 10.7. The average Bonchev–Trinajstić information content (AvgIpc) is 2.36. The Labute approximate surface area is 116 Å². The molecule has 0 unspecified atom stereocenters. The number of halogens is 3. The van der Waals surface area contributed by atoms with Crippen molar-refractivity contribution < 1.29 is 27.6 Å². The van der Waals surface area contributed by atoms with E-state index < -0.39 is 40.3 Å². The summed E-state index contributed by atoms with van der Waals surface area (Å²) < 4.78 is 42.8. The first-order valence-electron chi connectivity index (χ1n) is 5.65. The number of benzene rings is 1. The van der Waals surface area contributed by atoms with E-state index in [0.29, 0.717) is 6.07 Å². The van der Waals surface area contributed by atoms with Crippen molar-refractivity contribution in [2.24, 2.45) is 0 Å². The lowest BCUT2D eigenvalue weighted by molar-refractivity contribution is -0.385. The molecule has 0 aliphatic heterocycles. The SMILES string of the molecule is CCOC(=O)Cc1cc(C#N)c(C(F)(F)F)cc1[N+](=O)[O-]. The number of ether oxygens (including phenoxy) is 1. The monoisotopic (exact) mass is 302 g/mol. The van der Waals surface area contributed by atoms with Gasteiger partial charge in [0.1, 0.15) is 0 Å². The van der Waals surface area contributed by atoms with Crippen molar-refractivity contribution in [2.75, 3.05) is 6.61 Å². The maximum absolute atomic E-state index is 12.7. The van der Waals surface area contributed by atoms with Gasteiger partial charge in [-0.25, -0.2) is 0 Å². The van der Waals surface area contributed by atoms with Crippen LogP contribution in [0.15, 0.2) is 12.1 Å². The third-order valence-corrected chi connectivity index (χ3v) is 2.48. The quantitative estimate of drug-likeness (QED) is 0.484. The van der Waals surface area contributed by atoms with E-state index in [-0.39, 0.29) is 18.2 Å². The second kappa shape index (κ2) is 6.21. The Morgan fingerprint density at radius 2 is 2.10 bits per heavy atom. The summed E-state index contributed by atoms with van der Waals surface area (Å²) >= 11 is 0. The molecule has 1 aromatic rings. The molecule has 0 N–H and O–H groups in total. The Morgan fingerprint density at radius 3 is 2.52 bits per heavy atom. The van der Waals surface area contributed by atoms with Crippen molar-refractivity contribution >= 4 is 11.7 Å². The zero-order valence-corrected chi connectivity index (χ0v) is 10.7. The van der Waals surface area contributed by atoms with Crippen molar-refractivity contribution in [2.45, 2.75) is 19.5 Å². The van der Waals surface area contributed by atoms with Crippen LogP contribution in [-0.4, -0.2) is 17.5 Å². The number of alkyl halides is 3. The van der Waals surface area contributed by atoms with Crippen LogP contribution in [0.25, 0.3) is 0 Å². The minimum Gasteiger partial charge on any atom is -0.466 e. The van der Waals surface area contributed by atoms with Crippen LogP contribution in [0, 0.1) is 21.4 Å². The first kappa shape index (κ1) is 16.4. The minimum atomic E-state index is -4.90. The molecule has 21 heavy (non-hydrogen) atoms. The van der Waals surface area contributed by atoms with Gasteiger partial charge in [0.05, 0.1) is 35.1 Å². The van der Waals surface area contributed by atoms with Crippen molar-refractivity contribution in [3.8, 4) is 6.07 Å². The molecule has 1 rings (SSSR count). The van der Waals surface area contributed by atoms with Crippen molar-refractivity contribution in [3.05, 3.63) is 38.9 Å². The van der Waals surface area contributed by atoms with Gasteiger partial charge in [-0.15, -0.1) is 0 Å². The molecule has 112 valence electrons. The van der Waals surface area contributed by atoms with Crippen molar-refractivity contribution in [1.29, 1.82) is 5.26 Å². The van der Waals surface area contributed by atoms with Crippen LogP contribution < -0.4 is 0 Å². The summed E-state index contributed by atoms with van der Waals surface area (Å²) in [5, 5.41) is 19.6. The molecule has 0 fully saturated rings. The molecule has 0 bridgehead atoms. The van der Waals surface area contributed by atoms with Gasteiger partial charge in [0.2, 0.25) is 0 Å². The standard InChI is InChI=1S/C12H9F3N2O4/c1-2-21-11(18)4-7-3-8(6-16)9(12(13,14)15)5-10(7)17(19)20/h3,5H,2,4H2,1H3. The van der Waals surface area contributed by atoms with E-state index >= 15 is 0 Å². The van der Waals surface area contributed by atoms with E-state index in [1.165, 1.54) is 13.0 Å². The molecule has 0 saturated heterocycles. The van der Waals surface area contributed by atoms with Crippen LogP contribution in [-0.2, 0) is 22.1 Å². The number of carbonyl (C=O) groups is 1. The third-order valence-electron chi connectivity index (χ3n) is 2.48. The minimum absolute atomic E-state index is 0.0262. The van der Waals surface area contributed by atoms with Gasteiger partial charge in [-0.2, -0.15) is 18.4 Å². The molecule has 1 aromatic carbocycles. The summed E-state index contributed by atoms with van der Waals surface area (Å²) in [4.78, 5) is 21.1. The van der Waals surface area contributed by atoms with Crippen molar-refractivity contribution in [1.82, 2.24) is 0 Å². The Bertz CT molecular complexity index is 620. The molecule has 0 spiro atoms. The summed E-state index contributed by atoms with van der Waals surface area (Å²) in [6, 6.07) is 2.27. The molecule has 0 aromatic heterocycles. The maximum Gasteiger partial charge on any atom is 0.417 e. The van der Waals surface area contributed by atoms with E-state index in [1.54, 1.807) is 0 Å². The highest BCUT2D eigenvalue weighted by atomic mass is 19.4. The second-order valence-electron chi connectivity index (χ2n) is 3.87. The number of rotatable bonds is 4. The molecular weight excluding hydrogens is 293 g/mol. The highest BCUT2D eigenvalue weighted by molar-refractivity contribution is 5.74. The van der Waals surface area contributed by atoms with Crippen LogP contribution >= 0.6 is 0 Å². The number of hydrogen-bond donors (Lipinski definition) is 0. The van der Waals surface area contributed by atoms with Gasteiger partial charge in [-0.05, 0) is 13.0 Å². The maximum atomic E-state index is 12.7. The van der Waals surface area contributed by atoms with Gasteiger partial charge in [-0.1, -0.05) is 0 Å². The largest absolute Gasteiger partial charge is 0.466 e. The van der Waals surface area contributed by atoms with Gasteiger partial charge in [0.25, 0.3) is 5.69 Å². The molecule has 0 heterocycles. The number of nitriles is 1. The van der Waals surface area contributed by atoms with Crippen LogP contribution in [0.3, 0.4) is 0 Å². The molecule has 0 aliphatic carbocycles. The van der Waals surface area contributed by atoms with Gasteiger partial charge in [0.15, 0.2) is 0 Å². The highest BCUT2D eigenvalue weighted by Gasteiger charge is 2.36. The Morgan fingerprint density at radius 1 is 1.48 bits per heavy atom. The lowest BCUT2D eigenvalue weighted by atomic mass is 10.0. The average molecular weight is 302 g/mol. The van der Waals surface area contributed by atoms with Crippen LogP contribution in [0.2, 0.25) is 0 Å². The lowest BCUT2D eigenvalue weighted by Gasteiger charge is -2.11. The second-order valence-corrected chi connectivity index (χ2v) is 3.87. The number of nitrogens with zero attached hydrogens (tertiary/aromatic N) is 2. The molecule has 9 heteroatoms. The van der Waals surface area contributed by atoms with Crippen LogP contribution in [0.5, 0.6) is 0 Å². The summed E-state index contributed by atoms with van der Waals surface area (Å²) in [7, 11) is 0. The molecule has 0 radical (unpaired) electrons. The fourth-order valence-corrected chi connectivity index (χ4v) is 1.64. The lowest BCUT2D eigenvalue weighted by Crippen LogP contribution is -2.13. The molecule has 0 amide bonds. The van der Waals surface area contributed by atoms with E-state index in [2.05, 4.69) is 4.74 Å². The summed E-state index contributed by atoms with van der Waals surface area (Å²) in [5.74, 6) is -0.829. The van der Waals surface area contributed by atoms with Crippen LogP contribution in [0.4, 0.5) is 18.9 Å². The molecule has 0 atom stereocenters. The highest BCUT2D eigenvalue weighted by Crippen LogP contribution is 2.36. The zero-order chi connectivity index (χ0) is 16.2. The number of carbonyl (C=O) groups excluding carboxylic acids is 1. The predicted octanol–water partition coefficient (Wildman–Crippen LogP) is 2.59. The molecule has 0 saturated carbocycles. The van der Waals surface area contributed by atoms with Gasteiger partial charge >= 0.3 is 12.1 Å². The number of nitro benzene ring substituents is 1. The Balaban J connectivity index is 3.41. The van der Waals surface area contributed by atoms with Gasteiger partial charge in [-0.3, -0.25) is 14.9 Å². The van der Waals surface area contributed by atoms with E-state index in [0.717, 1.165) is 0 Å². The first-order chi connectivity index (χ1) is 9.70. The molecular formula is C12H9F3N2O4. The van der Waals surface area contributed by atoms with Gasteiger partial charge in [0, 0.05) is 11.6 Å². The molecule has 6 nitrogen and oxygen atoms in total. The predicted molar refractivity (Wildman–Crippen MR) is 63.2 cm³/mol. The summed E-state index contributed by atoms with van der Waals surface area (Å²) in [6.07, 6.45) is -5.49. The number of esters is 1. The first-order valence-corrected chi connectivity index (χ1v) is 5.65. The summed E-state index contributed by atoms with van der Waals surface area (Å²) in [5.41, 5.74) is -3.38. The topological polar surface area (TPSA) is 93.2 Å².